The molecule has 9 heteroatoms. The second kappa shape index (κ2) is 7.22. The van der Waals surface area contributed by atoms with Crippen LogP contribution in [-0.4, -0.2) is 36.6 Å². The van der Waals surface area contributed by atoms with E-state index >= 15 is 0 Å². The average Bonchev–Trinajstić information content (AvgIpc) is 3.28. The minimum Gasteiger partial charge on any atom is -0.310 e. The molecule has 0 N–H and O–H groups in total. The van der Waals surface area contributed by atoms with Gasteiger partial charge in [-0.25, -0.2) is 8.42 Å². The highest BCUT2D eigenvalue weighted by molar-refractivity contribution is 7.89. The first kappa shape index (κ1) is 20.8. The third-order valence-corrected chi connectivity index (χ3v) is 8.84. The maximum absolute atomic E-state index is 14.0. The van der Waals surface area contributed by atoms with Crippen LogP contribution in [0, 0.1) is 0 Å². The van der Waals surface area contributed by atoms with Crippen LogP contribution in [0.5, 0.6) is 0 Å². The van der Waals surface area contributed by atoms with E-state index in [4.69, 9.17) is 34.8 Å². The van der Waals surface area contributed by atoms with E-state index in [9.17, 15) is 13.2 Å². The van der Waals surface area contributed by atoms with Gasteiger partial charge in [0.2, 0.25) is 10.0 Å². The summed E-state index contributed by atoms with van der Waals surface area (Å²) in [7, 11) is -4.17. The topological polar surface area (TPSA) is 57.7 Å². The minimum atomic E-state index is -4.17. The Kier molecular flexibility index (Phi) is 4.84. The Morgan fingerprint density at radius 1 is 0.806 bits per heavy atom. The van der Waals surface area contributed by atoms with Crippen molar-refractivity contribution in [2.75, 3.05) is 13.1 Å². The first-order valence-electron chi connectivity index (χ1n) is 9.44. The molecule has 158 valence electrons. The Labute approximate surface area is 194 Å². The highest BCUT2D eigenvalue weighted by Gasteiger charge is 2.61. The Hall–Kier alpha value is -2.09. The van der Waals surface area contributed by atoms with Crippen molar-refractivity contribution in [1.29, 1.82) is 0 Å². The van der Waals surface area contributed by atoms with Crippen molar-refractivity contribution in [3.05, 3.63) is 98.5 Å². The number of fused-ring (bicyclic) bond motifs is 3. The molecule has 0 bridgehead atoms. The van der Waals surface area contributed by atoms with Crippen LogP contribution >= 0.6 is 34.8 Å². The third-order valence-electron chi connectivity index (χ3n) is 5.78. The van der Waals surface area contributed by atoms with Crippen molar-refractivity contribution in [2.45, 2.75) is 10.6 Å². The van der Waals surface area contributed by atoms with E-state index in [1.54, 1.807) is 29.2 Å². The number of hydrogen-bond acceptors (Lipinski definition) is 3. The summed E-state index contributed by atoms with van der Waals surface area (Å²) in [5.74, 6) is -0.211. The van der Waals surface area contributed by atoms with E-state index in [1.165, 1.54) is 16.4 Å². The van der Waals surface area contributed by atoms with Crippen molar-refractivity contribution >= 4 is 50.7 Å². The molecule has 0 aliphatic carbocycles. The number of carbonyl (C=O) groups is 1. The Balaban J connectivity index is 1.81. The van der Waals surface area contributed by atoms with Gasteiger partial charge in [0, 0.05) is 24.2 Å². The quantitative estimate of drug-likeness (QED) is 0.482. The summed E-state index contributed by atoms with van der Waals surface area (Å²) in [5.41, 5.74) is 0.448. The van der Waals surface area contributed by atoms with E-state index in [1.807, 2.05) is 30.3 Å². The van der Waals surface area contributed by atoms with Gasteiger partial charge in [-0.15, -0.1) is 0 Å². The van der Waals surface area contributed by atoms with Gasteiger partial charge in [-0.1, -0.05) is 83.3 Å². The predicted octanol–water partition coefficient (Wildman–Crippen LogP) is 5.01. The number of rotatable bonds is 3. The molecular weight excluding hydrogens is 479 g/mol. The molecule has 1 fully saturated rings. The van der Waals surface area contributed by atoms with Crippen LogP contribution in [0.4, 0.5) is 0 Å². The molecule has 2 heterocycles. The zero-order valence-corrected chi connectivity index (χ0v) is 19.0. The lowest BCUT2D eigenvalue weighted by atomic mass is 9.91. The van der Waals surface area contributed by atoms with E-state index < -0.39 is 15.7 Å². The second-order valence-electron chi connectivity index (χ2n) is 7.31. The number of benzene rings is 3. The summed E-state index contributed by atoms with van der Waals surface area (Å²) in [6.07, 6.45) is 0. The first-order valence-corrected chi connectivity index (χ1v) is 12.0. The van der Waals surface area contributed by atoms with Crippen LogP contribution in [0.2, 0.25) is 15.1 Å². The summed E-state index contributed by atoms with van der Waals surface area (Å²) in [6.45, 7) is 0.342. The number of nitrogens with zero attached hydrogens (tertiary/aromatic N) is 2. The summed E-state index contributed by atoms with van der Waals surface area (Å²) in [5, 5.41) is 0.207. The van der Waals surface area contributed by atoms with Gasteiger partial charge in [-0.3, -0.25) is 4.79 Å². The van der Waals surface area contributed by atoms with Crippen LogP contribution in [0.15, 0.2) is 71.6 Å². The first-order chi connectivity index (χ1) is 14.8. The number of amides is 1. The van der Waals surface area contributed by atoms with Gasteiger partial charge in [-0.05, 0) is 23.8 Å². The molecule has 1 atom stereocenters. The maximum Gasteiger partial charge on any atom is 0.256 e. The monoisotopic (exact) mass is 492 g/mol. The van der Waals surface area contributed by atoms with E-state index in [0.717, 1.165) is 0 Å². The third kappa shape index (κ3) is 2.79. The molecular formula is C22H15Cl3N2O3S. The summed E-state index contributed by atoms with van der Waals surface area (Å²) in [6, 6.07) is 18.8. The molecule has 1 amide bonds. The van der Waals surface area contributed by atoms with Crippen molar-refractivity contribution in [2.24, 2.45) is 0 Å². The highest BCUT2D eigenvalue weighted by atomic mass is 35.5. The van der Waals surface area contributed by atoms with Gasteiger partial charge >= 0.3 is 0 Å². The molecule has 1 unspecified atom stereocenters. The van der Waals surface area contributed by atoms with E-state index in [-0.39, 0.29) is 39.0 Å². The lowest BCUT2D eigenvalue weighted by molar-refractivity contribution is 0.0618. The van der Waals surface area contributed by atoms with Gasteiger partial charge in [0.25, 0.3) is 5.91 Å². The number of carbonyl (C=O) groups excluding carboxylic acids is 1. The van der Waals surface area contributed by atoms with Gasteiger partial charge in [0.1, 0.15) is 4.90 Å². The molecule has 2 aliphatic rings. The Morgan fingerprint density at radius 2 is 1.45 bits per heavy atom. The SMILES string of the molecule is O=C1c2ccccc2C2(c3ccccc3)N1CCN2S(=O)(=O)c1cc(Cl)c(Cl)cc1Cl. The maximum atomic E-state index is 14.0. The van der Waals surface area contributed by atoms with Crippen molar-refractivity contribution in [3.8, 4) is 0 Å². The van der Waals surface area contributed by atoms with Crippen LogP contribution in [0.25, 0.3) is 0 Å². The van der Waals surface area contributed by atoms with Crippen LogP contribution in [0.3, 0.4) is 0 Å². The van der Waals surface area contributed by atoms with Crippen molar-refractivity contribution < 1.29 is 13.2 Å². The minimum absolute atomic E-state index is 0.0336. The molecule has 3 aromatic rings. The van der Waals surface area contributed by atoms with Crippen LogP contribution in [-0.2, 0) is 15.7 Å². The Bertz CT molecular complexity index is 1330. The van der Waals surface area contributed by atoms with Gasteiger partial charge in [0.05, 0.1) is 15.1 Å². The normalized spacial score (nSPS) is 20.7. The molecule has 0 saturated carbocycles. The zero-order chi connectivity index (χ0) is 22.0. The fraction of sp³-hybridized carbons (Fsp3) is 0.136. The van der Waals surface area contributed by atoms with Crippen LogP contribution in [0.1, 0.15) is 21.5 Å². The number of hydrogen-bond donors (Lipinski definition) is 0. The molecule has 5 nitrogen and oxygen atoms in total. The Morgan fingerprint density at radius 3 is 2.19 bits per heavy atom. The molecule has 1 saturated heterocycles. The van der Waals surface area contributed by atoms with Gasteiger partial charge in [-0.2, -0.15) is 4.31 Å². The number of halogens is 3. The van der Waals surface area contributed by atoms with E-state index in [0.29, 0.717) is 16.7 Å². The molecule has 3 aromatic carbocycles. The number of sulfonamides is 1. The average molecular weight is 494 g/mol. The summed E-state index contributed by atoms with van der Waals surface area (Å²) >= 11 is 18.4. The second-order valence-corrected chi connectivity index (χ2v) is 10.4. The molecule has 0 aromatic heterocycles. The van der Waals surface area contributed by atoms with Crippen molar-refractivity contribution in [3.63, 3.8) is 0 Å². The molecule has 0 radical (unpaired) electrons. The fourth-order valence-electron chi connectivity index (χ4n) is 4.54. The van der Waals surface area contributed by atoms with Gasteiger partial charge in [0.15, 0.2) is 5.66 Å². The van der Waals surface area contributed by atoms with Crippen LogP contribution < -0.4 is 0 Å². The smallest absolute Gasteiger partial charge is 0.256 e. The molecule has 0 spiro atoms. The fourth-order valence-corrected chi connectivity index (χ4v) is 7.22. The summed E-state index contributed by atoms with van der Waals surface area (Å²) in [4.78, 5) is 14.7. The molecule has 2 aliphatic heterocycles. The lowest BCUT2D eigenvalue weighted by Gasteiger charge is -2.39. The van der Waals surface area contributed by atoms with E-state index in [2.05, 4.69) is 0 Å². The zero-order valence-electron chi connectivity index (χ0n) is 15.9. The summed E-state index contributed by atoms with van der Waals surface area (Å²) < 4.78 is 29.3. The predicted molar refractivity (Wildman–Crippen MR) is 120 cm³/mol. The largest absolute Gasteiger partial charge is 0.310 e. The van der Waals surface area contributed by atoms with Gasteiger partial charge < -0.3 is 4.90 Å². The standard InChI is InChI=1S/C22H15Cl3N2O3S/c23-17-12-19(25)20(13-18(17)24)31(29,30)27-11-10-26-21(28)15-8-4-5-9-16(15)22(26,27)14-6-2-1-3-7-14/h1-9,12-13H,10-11H2. The lowest BCUT2D eigenvalue weighted by Crippen LogP contribution is -2.51. The highest BCUT2D eigenvalue weighted by Crippen LogP contribution is 2.52. The van der Waals surface area contributed by atoms with Crippen molar-refractivity contribution in [1.82, 2.24) is 9.21 Å². The molecule has 5 rings (SSSR count). The molecule has 31 heavy (non-hydrogen) atoms.